The first-order valence-corrected chi connectivity index (χ1v) is 39.8. The number of fused-ring (bicyclic) bond motifs is 3. The maximum atomic E-state index is 15.7. The zero-order chi connectivity index (χ0) is 81.7. The molecule has 1 spiro atoms. The number of morpholine rings is 1. The quantitative estimate of drug-likeness (QED) is 0.185. The summed E-state index contributed by atoms with van der Waals surface area (Å²) in [5, 5.41) is 8.41. The molecular weight excluding hydrogens is 1470 g/mol. The number of methoxy groups -OCH3 is 1. The second-order valence-electron chi connectivity index (χ2n) is 32.4. The Bertz CT molecular complexity index is 3250. The van der Waals surface area contributed by atoms with Crippen molar-refractivity contribution in [3.05, 3.63) is 0 Å². The summed E-state index contributed by atoms with van der Waals surface area (Å²) in [7, 11) is 9.39. The second-order valence-corrected chi connectivity index (χ2v) is 32.4. The highest BCUT2D eigenvalue weighted by atomic mass is 19.4. The number of halogens is 8. The fraction of sp³-hybridized carbons (Fsp3) is 0.842. The molecule has 35 heteroatoms. The largest absolute Gasteiger partial charge is 0.397 e. The number of likely N-dealkylation sites (N-methyl/N-ethyl adjacent to an activating group) is 6. The third kappa shape index (κ3) is 21.9. The van der Waals surface area contributed by atoms with E-state index in [0.29, 0.717) is 57.8 Å². The van der Waals surface area contributed by atoms with Gasteiger partial charge in [0.25, 0.3) is 0 Å². The van der Waals surface area contributed by atoms with Gasteiger partial charge < -0.3 is 74.3 Å². The Balaban J connectivity index is 1.21. The summed E-state index contributed by atoms with van der Waals surface area (Å²) < 4.78 is 132. The molecule has 2 unspecified atom stereocenters. The van der Waals surface area contributed by atoms with E-state index >= 15 is 47.1 Å². The smallest absolute Gasteiger partial charge is 0.385 e. The molecule has 8 rings (SSSR count). The Kier molecular flexibility index (Phi) is 31.7. The van der Waals surface area contributed by atoms with Crippen molar-refractivity contribution in [1.82, 2.24) is 60.0 Å². The normalized spacial score (nSPS) is 32.1. The minimum atomic E-state index is -5.22. The van der Waals surface area contributed by atoms with Crippen LogP contribution in [0.1, 0.15) is 175 Å². The van der Waals surface area contributed by atoms with Crippen LogP contribution in [0.5, 0.6) is 0 Å². The molecule has 12 amide bonds. The van der Waals surface area contributed by atoms with Crippen molar-refractivity contribution in [2.24, 2.45) is 35.5 Å². The van der Waals surface area contributed by atoms with Gasteiger partial charge in [0.1, 0.15) is 72.1 Å². The number of carbonyl (C=O) groups excluding carboxylic acids is 12. The van der Waals surface area contributed by atoms with Gasteiger partial charge in [0.05, 0.1) is 44.7 Å². The Morgan fingerprint density at radius 1 is 0.604 bits per heavy atom. The minimum Gasteiger partial charge on any atom is -0.385 e. The van der Waals surface area contributed by atoms with E-state index < -0.39 is 230 Å². The van der Waals surface area contributed by atoms with E-state index in [1.54, 1.807) is 20.8 Å². The summed E-state index contributed by atoms with van der Waals surface area (Å²) in [5.74, 6) is -16.8. The Labute approximate surface area is 645 Å². The van der Waals surface area contributed by atoms with Crippen LogP contribution in [0.3, 0.4) is 0 Å². The zero-order valence-corrected chi connectivity index (χ0v) is 66.0. The highest BCUT2D eigenvalue weighted by Crippen LogP contribution is 2.46. The molecule has 12 atom stereocenters. The standard InChI is InChI=1S/C76H118F8N12O15/c1-11-45(3)63-71(106)89(5)44-61(99)91(7)55-21-14-13-17-31-95(70(55)105)58(39-46-22-25-49(26-23-46)75(79,80)81)68(103)88(4)43-59(97)85-53(27-24-47-37-51(77)62(52(78)38-47)76(82,83)84)67(102)96-42-50(111-12-2)40-56(96)66(101)87-74(29-18-30-74)73(108)93(9)64(48-19-15-16-20-48)72(107)92(8)57(69(104)94-32-35-110-36-33-94)41-60(98)90(6)54(28-34-109-10)65(100)86-63/h45-58,62-64H,11-44H2,1-10H3,(H,85,97)(H,86,100)(H,87,101)/t45-,46?,47?,49?,50+,51?,52?,53-,54-,55-,56-,57-,58-,62?,63-,64-/m0/s1. The number of alkyl halides is 8. The summed E-state index contributed by atoms with van der Waals surface area (Å²) in [6, 6.07) is -11.5. The maximum Gasteiger partial charge on any atom is 0.397 e. The molecule has 2 bridgehead atoms. The summed E-state index contributed by atoms with van der Waals surface area (Å²) in [6.07, 6.45) is -15.6. The molecular formula is C76H118F8N12O15. The lowest BCUT2D eigenvalue weighted by Crippen LogP contribution is -2.68. The summed E-state index contributed by atoms with van der Waals surface area (Å²) in [5.41, 5.74) is -1.71. The number of carbonyl (C=O) groups is 12. The molecule has 0 aromatic heterocycles. The van der Waals surface area contributed by atoms with Crippen LogP contribution in [-0.4, -0.2) is 315 Å². The first-order valence-electron chi connectivity index (χ1n) is 39.8. The van der Waals surface area contributed by atoms with Gasteiger partial charge in [-0.1, -0.05) is 46.0 Å². The van der Waals surface area contributed by atoms with Crippen LogP contribution in [0.15, 0.2) is 0 Å². The highest BCUT2D eigenvalue weighted by Gasteiger charge is 2.56. The van der Waals surface area contributed by atoms with Gasteiger partial charge in [0.15, 0.2) is 0 Å². The van der Waals surface area contributed by atoms with Crippen molar-refractivity contribution in [2.45, 2.75) is 260 Å². The molecule has 111 heavy (non-hydrogen) atoms. The van der Waals surface area contributed by atoms with Gasteiger partial charge in [-0.2, -0.15) is 26.3 Å². The van der Waals surface area contributed by atoms with Gasteiger partial charge in [-0.15, -0.1) is 0 Å². The van der Waals surface area contributed by atoms with Gasteiger partial charge in [-0.05, 0) is 133 Å². The Hall–Kier alpha value is -7.04. The van der Waals surface area contributed by atoms with Crippen LogP contribution in [0.25, 0.3) is 0 Å². The zero-order valence-electron chi connectivity index (χ0n) is 66.0. The predicted octanol–water partition coefficient (Wildman–Crippen LogP) is 5.34. The third-order valence-corrected chi connectivity index (χ3v) is 25.0. The number of ether oxygens (including phenoxy) is 3. The van der Waals surface area contributed by atoms with Crippen molar-refractivity contribution in [1.29, 1.82) is 0 Å². The van der Waals surface area contributed by atoms with Crippen LogP contribution in [-0.2, 0) is 71.7 Å². The van der Waals surface area contributed by atoms with Gasteiger partial charge in [0.2, 0.25) is 70.9 Å². The number of nitrogens with zero attached hydrogens (tertiary/aromatic N) is 9. The number of nitrogens with one attached hydrogen (secondary N) is 3. The Morgan fingerprint density at radius 3 is 1.82 bits per heavy atom. The molecule has 0 aromatic carbocycles. The van der Waals surface area contributed by atoms with Crippen LogP contribution >= 0.6 is 0 Å². The predicted molar refractivity (Wildman–Crippen MR) is 387 cm³/mol. The average Bonchev–Trinajstić information content (AvgIpc) is 1.76. The summed E-state index contributed by atoms with van der Waals surface area (Å²) >= 11 is 0. The SMILES string of the molecule is CCO[C@@H]1C[C@H]2C(=O)NC3(CCC3)C(=O)N(C)[C@@H](C3CCCC3)C(=O)N(C)[C@H](C(=O)N3CCOCC3)CC(=O)N(C)[C@@H](CCOC)C(=O)N[C@@H]([C@@H](C)CC)C(=O)N(C)CC(=O)N(C)[C@H]3CCCCCN(C3=O)[C@@H](CC3CCC(C(F)(F)F)CC3)C(=O)N(C)CC(=O)N[C@@H](CCC3CC(F)C(C(F)(F)F)C(F)C3)C(=O)N2C1. The van der Waals surface area contributed by atoms with Crippen LogP contribution < -0.4 is 16.0 Å². The number of hydrogen-bond acceptors (Lipinski definition) is 15. The molecule has 8 aliphatic rings. The van der Waals surface area contributed by atoms with Crippen LogP contribution in [0, 0.1) is 35.5 Å². The molecule has 0 radical (unpaired) electrons. The lowest BCUT2D eigenvalue weighted by molar-refractivity contribution is -0.219. The number of hydrogen-bond donors (Lipinski definition) is 3. The fourth-order valence-electron chi connectivity index (χ4n) is 17.8. The number of rotatable bonds is 14. The van der Waals surface area contributed by atoms with Crippen molar-refractivity contribution >= 4 is 70.9 Å². The molecule has 4 aliphatic carbocycles. The lowest BCUT2D eigenvalue weighted by atomic mass is 9.74. The van der Waals surface area contributed by atoms with E-state index in [-0.39, 0.29) is 123 Å². The molecule has 4 heterocycles. The topological polar surface area (TPSA) is 298 Å². The molecule has 3 N–H and O–H groups in total. The molecule has 628 valence electrons. The average molecular weight is 1590 g/mol. The Morgan fingerprint density at radius 2 is 1.23 bits per heavy atom. The monoisotopic (exact) mass is 1590 g/mol. The van der Waals surface area contributed by atoms with Crippen LogP contribution in [0.4, 0.5) is 35.1 Å². The maximum absolute atomic E-state index is 15.7. The van der Waals surface area contributed by atoms with E-state index in [1.165, 1.54) is 64.1 Å². The number of amides is 12. The molecule has 27 nitrogen and oxygen atoms in total. The van der Waals surface area contributed by atoms with Crippen molar-refractivity contribution in [3.8, 4) is 0 Å². The van der Waals surface area contributed by atoms with E-state index in [2.05, 4.69) is 16.0 Å². The lowest BCUT2D eigenvalue weighted by Gasteiger charge is -2.47. The van der Waals surface area contributed by atoms with Gasteiger partial charge in [0, 0.05) is 102 Å². The van der Waals surface area contributed by atoms with Crippen molar-refractivity contribution < 1.29 is 107 Å². The molecule has 0 aromatic rings. The third-order valence-electron chi connectivity index (χ3n) is 25.0. The van der Waals surface area contributed by atoms with E-state index in [9.17, 15) is 45.5 Å². The second kappa shape index (κ2) is 39.3. The first-order chi connectivity index (χ1) is 52.4. The molecule has 8 fully saturated rings. The van der Waals surface area contributed by atoms with E-state index in [0.717, 1.165) is 29.4 Å². The summed E-state index contributed by atoms with van der Waals surface area (Å²) in [4.78, 5) is 193. The van der Waals surface area contributed by atoms with E-state index in [1.807, 2.05) is 0 Å². The molecule has 4 saturated carbocycles. The van der Waals surface area contributed by atoms with Crippen molar-refractivity contribution in [3.63, 3.8) is 0 Å². The summed E-state index contributed by atoms with van der Waals surface area (Å²) in [6.45, 7) is 3.69. The molecule has 4 saturated heterocycles. The van der Waals surface area contributed by atoms with Gasteiger partial charge in [-0.3, -0.25) is 57.5 Å². The minimum absolute atomic E-state index is 0.00307. The highest BCUT2D eigenvalue weighted by molar-refractivity contribution is 6.01. The van der Waals surface area contributed by atoms with Gasteiger partial charge in [-0.25, -0.2) is 8.78 Å². The fourth-order valence-corrected chi connectivity index (χ4v) is 17.8. The van der Waals surface area contributed by atoms with Crippen LogP contribution in [0.2, 0.25) is 0 Å². The first kappa shape index (κ1) is 89.5. The van der Waals surface area contributed by atoms with Crippen molar-refractivity contribution in [2.75, 3.05) is 115 Å². The van der Waals surface area contributed by atoms with Gasteiger partial charge >= 0.3 is 12.4 Å². The molecule has 4 aliphatic heterocycles. The van der Waals surface area contributed by atoms with E-state index in [4.69, 9.17) is 14.2 Å².